The van der Waals surface area contributed by atoms with Gasteiger partial charge in [-0.2, -0.15) is 0 Å². The zero-order chi connectivity index (χ0) is 9.31. The summed E-state index contributed by atoms with van der Waals surface area (Å²) in [5.41, 5.74) is -0.364. The molecule has 1 saturated heterocycles. The molecule has 0 radical (unpaired) electrons. The van der Waals surface area contributed by atoms with E-state index in [2.05, 4.69) is 12.2 Å². The second-order valence-electron chi connectivity index (χ2n) is 4.73. The van der Waals surface area contributed by atoms with Crippen molar-refractivity contribution in [1.29, 1.82) is 0 Å². The second kappa shape index (κ2) is 3.58. The summed E-state index contributed by atoms with van der Waals surface area (Å²) in [7, 11) is 0. The molecule has 2 aliphatic rings. The van der Waals surface area contributed by atoms with Crippen molar-refractivity contribution in [3.05, 3.63) is 0 Å². The molecule has 0 aromatic heterocycles. The van der Waals surface area contributed by atoms with Crippen LogP contribution >= 0.6 is 0 Å². The Bertz CT molecular complexity index is 183. The minimum atomic E-state index is -0.364. The van der Waals surface area contributed by atoms with Gasteiger partial charge in [0.1, 0.15) is 0 Å². The fraction of sp³-hybridized carbons (Fsp3) is 1.00. The number of nitrogens with one attached hydrogen (secondary N) is 1. The van der Waals surface area contributed by atoms with Crippen molar-refractivity contribution < 1.29 is 5.11 Å². The fourth-order valence-corrected chi connectivity index (χ4v) is 3.05. The quantitative estimate of drug-likeness (QED) is 0.697. The topological polar surface area (TPSA) is 32.3 Å². The van der Waals surface area contributed by atoms with Crippen LogP contribution in [0.25, 0.3) is 0 Å². The van der Waals surface area contributed by atoms with Crippen LogP contribution in [-0.4, -0.2) is 23.3 Å². The van der Waals surface area contributed by atoms with E-state index in [1.54, 1.807) is 0 Å². The lowest BCUT2D eigenvalue weighted by atomic mass is 9.90. The Kier molecular flexibility index (Phi) is 2.61. The highest BCUT2D eigenvalue weighted by atomic mass is 16.3. The first-order valence-corrected chi connectivity index (χ1v) is 5.72. The van der Waals surface area contributed by atoms with Crippen molar-refractivity contribution in [2.24, 2.45) is 5.92 Å². The normalized spacial score (nSPS) is 43.8. The van der Waals surface area contributed by atoms with Crippen molar-refractivity contribution in [3.8, 4) is 0 Å². The third-order valence-corrected chi connectivity index (χ3v) is 3.84. The van der Waals surface area contributed by atoms with Crippen molar-refractivity contribution >= 4 is 0 Å². The summed E-state index contributed by atoms with van der Waals surface area (Å²) in [5, 5.41) is 13.9. The van der Waals surface area contributed by atoms with Gasteiger partial charge in [0, 0.05) is 6.04 Å². The Morgan fingerprint density at radius 1 is 1.46 bits per heavy atom. The van der Waals surface area contributed by atoms with Gasteiger partial charge in [-0.1, -0.05) is 19.8 Å². The smallest absolute Gasteiger partial charge is 0.0802 e. The lowest BCUT2D eigenvalue weighted by molar-refractivity contribution is 0.0108. The molecule has 1 aliphatic heterocycles. The van der Waals surface area contributed by atoms with Crippen molar-refractivity contribution in [3.63, 3.8) is 0 Å². The van der Waals surface area contributed by atoms with E-state index in [1.807, 2.05) is 0 Å². The van der Waals surface area contributed by atoms with E-state index in [4.69, 9.17) is 0 Å². The summed E-state index contributed by atoms with van der Waals surface area (Å²) < 4.78 is 0. The predicted molar refractivity (Wildman–Crippen MR) is 53.6 cm³/mol. The third kappa shape index (κ3) is 1.62. The molecule has 0 amide bonds. The number of hydrogen-bond acceptors (Lipinski definition) is 2. The van der Waals surface area contributed by atoms with Crippen molar-refractivity contribution in [1.82, 2.24) is 5.32 Å². The van der Waals surface area contributed by atoms with Crippen LogP contribution in [0.2, 0.25) is 0 Å². The molecule has 2 N–H and O–H groups in total. The van der Waals surface area contributed by atoms with Crippen LogP contribution < -0.4 is 5.32 Å². The monoisotopic (exact) mass is 183 g/mol. The molecule has 0 spiro atoms. The highest BCUT2D eigenvalue weighted by molar-refractivity contribution is 5.04. The van der Waals surface area contributed by atoms with E-state index in [0.717, 1.165) is 25.3 Å². The zero-order valence-corrected chi connectivity index (χ0v) is 8.55. The fourth-order valence-electron chi connectivity index (χ4n) is 3.05. The molecule has 2 heteroatoms. The maximum absolute atomic E-state index is 10.4. The average molecular weight is 183 g/mol. The largest absolute Gasteiger partial charge is 0.388 e. The molecule has 13 heavy (non-hydrogen) atoms. The van der Waals surface area contributed by atoms with Gasteiger partial charge >= 0.3 is 0 Å². The predicted octanol–water partition coefficient (Wildman–Crippen LogP) is 1.68. The van der Waals surface area contributed by atoms with Gasteiger partial charge in [-0.05, 0) is 38.1 Å². The van der Waals surface area contributed by atoms with E-state index in [0.29, 0.717) is 6.04 Å². The van der Waals surface area contributed by atoms with Gasteiger partial charge < -0.3 is 10.4 Å². The highest BCUT2D eigenvalue weighted by Crippen LogP contribution is 2.42. The van der Waals surface area contributed by atoms with Gasteiger partial charge in [-0.3, -0.25) is 0 Å². The molecule has 0 aromatic rings. The van der Waals surface area contributed by atoms with E-state index in [-0.39, 0.29) is 5.60 Å². The number of fused-ring (bicyclic) bond motifs is 1. The molecule has 2 nitrogen and oxygen atoms in total. The Morgan fingerprint density at radius 3 is 3.08 bits per heavy atom. The molecule has 76 valence electrons. The van der Waals surface area contributed by atoms with E-state index in [9.17, 15) is 5.11 Å². The molecule has 3 atom stereocenters. The highest BCUT2D eigenvalue weighted by Gasteiger charge is 2.48. The molecule has 1 aliphatic carbocycles. The molecule has 2 fully saturated rings. The van der Waals surface area contributed by atoms with Crippen LogP contribution in [-0.2, 0) is 0 Å². The maximum atomic E-state index is 10.4. The van der Waals surface area contributed by atoms with Crippen LogP contribution in [0.3, 0.4) is 0 Å². The van der Waals surface area contributed by atoms with Gasteiger partial charge in [0.25, 0.3) is 0 Å². The van der Waals surface area contributed by atoms with Gasteiger partial charge in [-0.15, -0.1) is 0 Å². The van der Waals surface area contributed by atoms with Crippen LogP contribution in [0.1, 0.15) is 45.4 Å². The van der Waals surface area contributed by atoms with Crippen LogP contribution in [0.4, 0.5) is 0 Å². The third-order valence-electron chi connectivity index (χ3n) is 3.84. The molecule has 0 unspecified atom stereocenters. The van der Waals surface area contributed by atoms with Crippen molar-refractivity contribution in [2.45, 2.75) is 57.1 Å². The Hall–Kier alpha value is -0.0800. The van der Waals surface area contributed by atoms with Gasteiger partial charge in [-0.25, -0.2) is 0 Å². The van der Waals surface area contributed by atoms with Gasteiger partial charge in [0.05, 0.1) is 5.60 Å². The summed E-state index contributed by atoms with van der Waals surface area (Å²) in [6.45, 7) is 3.31. The van der Waals surface area contributed by atoms with E-state index in [1.165, 1.54) is 25.7 Å². The lowest BCUT2D eigenvalue weighted by Crippen LogP contribution is -2.45. The molecule has 0 bridgehead atoms. The summed E-state index contributed by atoms with van der Waals surface area (Å²) in [5.74, 6) is 0.766. The van der Waals surface area contributed by atoms with Crippen molar-refractivity contribution in [2.75, 3.05) is 6.54 Å². The summed E-state index contributed by atoms with van der Waals surface area (Å²) in [4.78, 5) is 0. The molecular weight excluding hydrogens is 162 g/mol. The number of aliphatic hydroxyl groups is 1. The Labute approximate surface area is 80.7 Å². The molecule has 0 aromatic carbocycles. The van der Waals surface area contributed by atoms with Crippen LogP contribution in [0.5, 0.6) is 0 Å². The first kappa shape index (κ1) is 9.47. The van der Waals surface area contributed by atoms with Crippen LogP contribution in [0.15, 0.2) is 0 Å². The van der Waals surface area contributed by atoms with E-state index >= 15 is 0 Å². The summed E-state index contributed by atoms with van der Waals surface area (Å²) in [6.07, 6.45) is 6.89. The first-order chi connectivity index (χ1) is 6.26. The number of hydrogen-bond donors (Lipinski definition) is 2. The maximum Gasteiger partial charge on any atom is 0.0802 e. The minimum Gasteiger partial charge on any atom is -0.388 e. The van der Waals surface area contributed by atoms with E-state index < -0.39 is 0 Å². The van der Waals surface area contributed by atoms with Gasteiger partial charge in [0.2, 0.25) is 0 Å². The zero-order valence-electron chi connectivity index (χ0n) is 8.55. The Balaban J connectivity index is 1.97. The van der Waals surface area contributed by atoms with Crippen LogP contribution in [0, 0.1) is 5.92 Å². The lowest BCUT2D eigenvalue weighted by Gasteiger charge is -2.29. The summed E-state index contributed by atoms with van der Waals surface area (Å²) in [6, 6.07) is 0.416. The first-order valence-electron chi connectivity index (χ1n) is 5.72. The average Bonchev–Trinajstić information content (AvgIpc) is 2.68. The Morgan fingerprint density at radius 2 is 2.31 bits per heavy atom. The molecule has 1 heterocycles. The SMILES string of the molecule is CCCC[C@@]1(O)CC[C@@H]2CCN[C@@H]21. The van der Waals surface area contributed by atoms with Gasteiger partial charge in [0.15, 0.2) is 0 Å². The second-order valence-corrected chi connectivity index (χ2v) is 4.73. The summed E-state index contributed by atoms with van der Waals surface area (Å²) >= 11 is 0. The number of rotatable bonds is 3. The number of unbranched alkanes of at least 4 members (excludes halogenated alkanes) is 1. The minimum absolute atomic E-state index is 0.364. The molecule has 2 rings (SSSR count). The molecule has 1 saturated carbocycles. The molecular formula is C11H21NO. The standard InChI is InChI=1S/C11H21NO/c1-2-3-6-11(13)7-4-9-5-8-12-10(9)11/h9-10,12-13H,2-8H2,1H3/t9-,10+,11-/m1/s1.